The van der Waals surface area contributed by atoms with Gasteiger partial charge in [-0.15, -0.1) is 0 Å². The summed E-state index contributed by atoms with van der Waals surface area (Å²) in [6.45, 7) is 4.15. The van der Waals surface area contributed by atoms with Crippen molar-refractivity contribution in [2.24, 2.45) is 0 Å². The highest BCUT2D eigenvalue weighted by atomic mass is 35.5. The molecule has 0 saturated heterocycles. The van der Waals surface area contributed by atoms with E-state index in [0.29, 0.717) is 5.56 Å². The van der Waals surface area contributed by atoms with Gasteiger partial charge < -0.3 is 14.2 Å². The van der Waals surface area contributed by atoms with Crippen LogP contribution < -0.4 is 5.32 Å². The maximum Gasteiger partial charge on any atom is 0.513 e. The Morgan fingerprint density at radius 3 is 2.41 bits per heavy atom. The number of hydrogen-bond acceptors (Lipinski definition) is 6. The fourth-order valence-corrected chi connectivity index (χ4v) is 3.12. The predicted molar refractivity (Wildman–Crippen MR) is 98.0 cm³/mol. The number of allylic oxidation sites excluding steroid dienone is 2. The molecule has 1 aliphatic heterocycles. The van der Waals surface area contributed by atoms with Crippen LogP contribution in [0.15, 0.2) is 41.2 Å². The number of nitrogens with one attached hydrogen (secondary N) is 1. The molecular formula is C18H17Cl2NO6. The fourth-order valence-electron chi connectivity index (χ4n) is 2.70. The van der Waals surface area contributed by atoms with Crippen molar-refractivity contribution in [1.82, 2.24) is 5.32 Å². The van der Waals surface area contributed by atoms with Crippen molar-refractivity contribution in [3.8, 4) is 0 Å². The number of rotatable bonds is 4. The van der Waals surface area contributed by atoms with Crippen molar-refractivity contribution < 1.29 is 28.6 Å². The summed E-state index contributed by atoms with van der Waals surface area (Å²) in [6.07, 6.45) is -1.05. The Kier molecular flexibility index (Phi) is 6.51. The standard InChI is InChI=1S/C18H17Cl2NO6/c1-8(22)13-9(2)26-17(21-10(3)23)16(27-18(24)25-4)14(13)11-6-5-7-12(19)15(11)20/h5-7,14H,1-4H3,(H,21,23). The monoisotopic (exact) mass is 413 g/mol. The second kappa shape index (κ2) is 8.45. The Bertz CT molecular complexity index is 875. The lowest BCUT2D eigenvalue weighted by molar-refractivity contribution is -0.119. The van der Waals surface area contributed by atoms with Crippen molar-refractivity contribution in [2.75, 3.05) is 7.11 Å². The third-order valence-corrected chi connectivity index (χ3v) is 4.56. The number of ether oxygens (including phenoxy) is 3. The highest BCUT2D eigenvalue weighted by Crippen LogP contribution is 2.44. The van der Waals surface area contributed by atoms with Crippen molar-refractivity contribution in [2.45, 2.75) is 26.7 Å². The number of amides is 1. The van der Waals surface area contributed by atoms with Gasteiger partial charge in [0.25, 0.3) is 0 Å². The van der Waals surface area contributed by atoms with Crippen LogP contribution in [0.2, 0.25) is 10.0 Å². The zero-order chi connectivity index (χ0) is 20.3. The number of benzene rings is 1. The fraction of sp³-hybridized carbons (Fsp3) is 0.278. The first-order chi connectivity index (χ1) is 12.7. The van der Waals surface area contributed by atoms with E-state index in [1.165, 1.54) is 13.8 Å². The molecule has 1 unspecified atom stereocenters. The lowest BCUT2D eigenvalue weighted by Gasteiger charge is -2.30. The maximum atomic E-state index is 12.3. The first-order valence-electron chi connectivity index (χ1n) is 7.78. The lowest BCUT2D eigenvalue weighted by Crippen LogP contribution is -2.31. The number of ketones is 1. The summed E-state index contributed by atoms with van der Waals surface area (Å²) >= 11 is 12.5. The molecule has 0 aliphatic carbocycles. The number of hydrogen-bond donors (Lipinski definition) is 1. The quantitative estimate of drug-likeness (QED) is 0.748. The highest BCUT2D eigenvalue weighted by Gasteiger charge is 2.39. The van der Waals surface area contributed by atoms with E-state index in [1.807, 2.05) is 0 Å². The molecule has 1 amide bonds. The summed E-state index contributed by atoms with van der Waals surface area (Å²) < 4.78 is 15.3. The molecule has 1 aliphatic rings. The van der Waals surface area contributed by atoms with Crippen LogP contribution in [0.4, 0.5) is 4.79 Å². The molecule has 2 rings (SSSR count). The van der Waals surface area contributed by atoms with E-state index in [1.54, 1.807) is 25.1 Å². The van der Waals surface area contributed by atoms with Gasteiger partial charge in [0.2, 0.25) is 11.8 Å². The summed E-state index contributed by atoms with van der Waals surface area (Å²) in [5, 5.41) is 2.87. The zero-order valence-electron chi connectivity index (χ0n) is 15.0. The second-order valence-corrected chi connectivity index (χ2v) is 6.42. The number of carbonyl (C=O) groups excluding carboxylic acids is 3. The molecule has 0 bridgehead atoms. The topological polar surface area (TPSA) is 90.9 Å². The summed E-state index contributed by atoms with van der Waals surface area (Å²) in [7, 11) is 1.12. The second-order valence-electron chi connectivity index (χ2n) is 5.63. The number of Topliss-reactive ketones (excluding diaryl/α,β-unsaturated/α-hetero) is 1. The largest absolute Gasteiger partial charge is 0.513 e. The van der Waals surface area contributed by atoms with Gasteiger partial charge in [-0.1, -0.05) is 35.3 Å². The molecule has 27 heavy (non-hydrogen) atoms. The van der Waals surface area contributed by atoms with E-state index in [-0.39, 0.29) is 38.8 Å². The van der Waals surface area contributed by atoms with Crippen LogP contribution in [0.25, 0.3) is 0 Å². The average molecular weight is 414 g/mol. The molecule has 0 aromatic heterocycles. The van der Waals surface area contributed by atoms with Gasteiger partial charge in [-0.25, -0.2) is 4.79 Å². The third-order valence-electron chi connectivity index (χ3n) is 3.73. The van der Waals surface area contributed by atoms with Gasteiger partial charge >= 0.3 is 6.16 Å². The smallest absolute Gasteiger partial charge is 0.442 e. The van der Waals surface area contributed by atoms with Crippen LogP contribution in [0, 0.1) is 0 Å². The van der Waals surface area contributed by atoms with Gasteiger partial charge in [-0.05, 0) is 25.5 Å². The third kappa shape index (κ3) is 4.43. The molecule has 1 aromatic rings. The minimum absolute atomic E-state index is 0.142. The molecule has 1 aromatic carbocycles. The van der Waals surface area contributed by atoms with E-state index >= 15 is 0 Å². The molecular weight excluding hydrogens is 397 g/mol. The lowest BCUT2D eigenvalue weighted by atomic mass is 9.85. The molecule has 7 nitrogen and oxygen atoms in total. The molecule has 1 heterocycles. The van der Waals surface area contributed by atoms with Gasteiger partial charge in [0, 0.05) is 12.5 Å². The van der Waals surface area contributed by atoms with Crippen LogP contribution in [0.1, 0.15) is 32.3 Å². The Morgan fingerprint density at radius 2 is 1.85 bits per heavy atom. The number of carbonyl (C=O) groups is 3. The van der Waals surface area contributed by atoms with Crippen molar-refractivity contribution in [3.63, 3.8) is 0 Å². The Balaban J connectivity index is 2.77. The van der Waals surface area contributed by atoms with E-state index < -0.39 is 18.0 Å². The highest BCUT2D eigenvalue weighted by molar-refractivity contribution is 6.42. The van der Waals surface area contributed by atoms with E-state index in [2.05, 4.69) is 10.1 Å². The molecule has 1 atom stereocenters. The molecule has 0 saturated carbocycles. The molecule has 9 heteroatoms. The minimum Gasteiger partial charge on any atom is -0.442 e. The van der Waals surface area contributed by atoms with E-state index in [0.717, 1.165) is 7.11 Å². The van der Waals surface area contributed by atoms with E-state index in [4.69, 9.17) is 32.7 Å². The molecule has 0 radical (unpaired) electrons. The van der Waals surface area contributed by atoms with Crippen LogP contribution in [0.5, 0.6) is 0 Å². The van der Waals surface area contributed by atoms with Crippen molar-refractivity contribution in [3.05, 3.63) is 56.8 Å². The Hall–Kier alpha value is -2.51. The van der Waals surface area contributed by atoms with Gasteiger partial charge in [-0.2, -0.15) is 0 Å². The molecule has 144 valence electrons. The SMILES string of the molecule is COC(=O)OC1=C(NC(C)=O)OC(C)=C(C(C)=O)C1c1cccc(Cl)c1Cl. The summed E-state index contributed by atoms with van der Waals surface area (Å²) in [4.78, 5) is 35.7. The number of methoxy groups -OCH3 is 1. The molecule has 0 fully saturated rings. The van der Waals surface area contributed by atoms with Gasteiger partial charge in [0.1, 0.15) is 5.76 Å². The maximum absolute atomic E-state index is 12.3. The van der Waals surface area contributed by atoms with Crippen LogP contribution in [0.3, 0.4) is 0 Å². The van der Waals surface area contributed by atoms with Gasteiger partial charge in [0.05, 0.1) is 23.1 Å². The van der Waals surface area contributed by atoms with Crippen LogP contribution in [-0.2, 0) is 23.8 Å². The Labute approximate surface area is 165 Å². The summed E-state index contributed by atoms with van der Waals surface area (Å²) in [5.74, 6) is -1.80. The number of halogens is 2. The minimum atomic E-state index is -1.05. The average Bonchev–Trinajstić information content (AvgIpc) is 2.58. The van der Waals surface area contributed by atoms with Gasteiger partial charge in [0.15, 0.2) is 11.5 Å². The molecule has 0 spiro atoms. The first kappa shape index (κ1) is 20.8. The van der Waals surface area contributed by atoms with Crippen molar-refractivity contribution in [1.29, 1.82) is 0 Å². The molecule has 1 N–H and O–H groups in total. The first-order valence-corrected chi connectivity index (χ1v) is 8.54. The van der Waals surface area contributed by atoms with Gasteiger partial charge in [-0.3, -0.25) is 14.9 Å². The van der Waals surface area contributed by atoms with Crippen molar-refractivity contribution >= 4 is 41.0 Å². The van der Waals surface area contributed by atoms with Crippen LogP contribution >= 0.6 is 23.2 Å². The predicted octanol–water partition coefficient (Wildman–Crippen LogP) is 4.06. The Morgan fingerprint density at radius 1 is 1.19 bits per heavy atom. The summed E-state index contributed by atoms with van der Waals surface area (Å²) in [5.41, 5.74) is 0.603. The zero-order valence-corrected chi connectivity index (χ0v) is 16.5. The van der Waals surface area contributed by atoms with E-state index in [9.17, 15) is 14.4 Å². The normalized spacial score (nSPS) is 16.6. The van der Waals surface area contributed by atoms with Crippen LogP contribution in [-0.4, -0.2) is 25.0 Å². The summed E-state index contributed by atoms with van der Waals surface area (Å²) in [6, 6.07) is 4.85.